The van der Waals surface area contributed by atoms with Crippen molar-refractivity contribution >= 4 is 15.7 Å². The van der Waals surface area contributed by atoms with Crippen molar-refractivity contribution < 1.29 is 13.2 Å². The van der Waals surface area contributed by atoms with Gasteiger partial charge >= 0.3 is 0 Å². The standard InChI is InChI=1S/C13H23N3O3S/c1-3-8-14-12-7-6-9-15-13(12)20(17,18)16-10-4-5-11-19-2/h6-7,9,14,16H,3-5,8,10-11H2,1-2H3. The van der Waals surface area contributed by atoms with Crippen LogP contribution in [0.4, 0.5) is 5.69 Å². The van der Waals surface area contributed by atoms with Crippen molar-refractivity contribution in [2.75, 3.05) is 32.1 Å². The Hall–Kier alpha value is -1.18. The molecule has 20 heavy (non-hydrogen) atoms. The van der Waals surface area contributed by atoms with Crippen LogP contribution in [0.5, 0.6) is 0 Å². The van der Waals surface area contributed by atoms with Crippen molar-refractivity contribution in [1.29, 1.82) is 0 Å². The Morgan fingerprint density at radius 2 is 2.10 bits per heavy atom. The number of ether oxygens (including phenoxy) is 1. The Morgan fingerprint density at radius 1 is 1.30 bits per heavy atom. The average molecular weight is 301 g/mol. The number of anilines is 1. The molecule has 2 N–H and O–H groups in total. The van der Waals surface area contributed by atoms with Crippen LogP contribution in [0.3, 0.4) is 0 Å². The molecule has 0 fully saturated rings. The largest absolute Gasteiger partial charge is 0.385 e. The van der Waals surface area contributed by atoms with Gasteiger partial charge in [0.05, 0.1) is 5.69 Å². The molecule has 7 heteroatoms. The number of nitrogens with zero attached hydrogens (tertiary/aromatic N) is 1. The van der Waals surface area contributed by atoms with Gasteiger partial charge in [-0.2, -0.15) is 0 Å². The zero-order valence-corrected chi connectivity index (χ0v) is 12.9. The minimum Gasteiger partial charge on any atom is -0.385 e. The first-order chi connectivity index (χ1) is 9.61. The second kappa shape index (κ2) is 8.89. The monoisotopic (exact) mass is 301 g/mol. The fourth-order valence-electron chi connectivity index (χ4n) is 1.65. The lowest BCUT2D eigenvalue weighted by molar-refractivity contribution is 0.193. The quantitative estimate of drug-likeness (QED) is 0.642. The molecule has 114 valence electrons. The Morgan fingerprint density at radius 3 is 2.80 bits per heavy atom. The molecule has 0 radical (unpaired) electrons. The van der Waals surface area contributed by atoms with Gasteiger partial charge in [0.25, 0.3) is 10.0 Å². The summed E-state index contributed by atoms with van der Waals surface area (Å²) < 4.78 is 31.9. The highest BCUT2D eigenvalue weighted by atomic mass is 32.2. The number of unbranched alkanes of at least 4 members (excludes halogenated alkanes) is 1. The van der Waals surface area contributed by atoms with E-state index < -0.39 is 10.0 Å². The fourth-order valence-corrected chi connectivity index (χ4v) is 2.82. The van der Waals surface area contributed by atoms with E-state index in [-0.39, 0.29) is 5.03 Å². The maximum absolute atomic E-state index is 12.2. The third-order valence-corrected chi connectivity index (χ3v) is 4.08. The summed E-state index contributed by atoms with van der Waals surface area (Å²) in [5.74, 6) is 0. The van der Waals surface area contributed by atoms with Crippen LogP contribution >= 0.6 is 0 Å². The Bertz CT molecular complexity index is 491. The van der Waals surface area contributed by atoms with Crippen LogP contribution in [-0.2, 0) is 14.8 Å². The molecule has 0 aliphatic heterocycles. The van der Waals surface area contributed by atoms with Crippen LogP contribution < -0.4 is 10.0 Å². The van der Waals surface area contributed by atoms with Gasteiger partial charge in [-0.1, -0.05) is 6.92 Å². The van der Waals surface area contributed by atoms with Gasteiger partial charge in [-0.25, -0.2) is 18.1 Å². The maximum Gasteiger partial charge on any atom is 0.260 e. The van der Waals surface area contributed by atoms with E-state index in [1.165, 1.54) is 6.20 Å². The molecule has 0 aromatic carbocycles. The van der Waals surface area contributed by atoms with Gasteiger partial charge in [0.2, 0.25) is 0 Å². The van der Waals surface area contributed by atoms with Crippen molar-refractivity contribution in [1.82, 2.24) is 9.71 Å². The number of hydrogen-bond donors (Lipinski definition) is 2. The topological polar surface area (TPSA) is 80.3 Å². The zero-order valence-electron chi connectivity index (χ0n) is 12.1. The van der Waals surface area contributed by atoms with E-state index >= 15 is 0 Å². The second-order valence-corrected chi connectivity index (χ2v) is 6.06. The van der Waals surface area contributed by atoms with Crippen LogP contribution in [0.2, 0.25) is 0 Å². The molecule has 1 aromatic heterocycles. The van der Waals surface area contributed by atoms with Gasteiger partial charge in [-0.05, 0) is 31.4 Å². The first-order valence-electron chi connectivity index (χ1n) is 6.79. The van der Waals surface area contributed by atoms with Gasteiger partial charge < -0.3 is 10.1 Å². The fraction of sp³-hybridized carbons (Fsp3) is 0.615. The number of rotatable bonds is 10. The molecule has 0 saturated carbocycles. The minimum atomic E-state index is -3.57. The van der Waals surface area contributed by atoms with E-state index in [0.717, 1.165) is 19.3 Å². The third kappa shape index (κ3) is 5.44. The summed E-state index contributed by atoms with van der Waals surface area (Å²) >= 11 is 0. The summed E-state index contributed by atoms with van der Waals surface area (Å²) in [7, 11) is -1.94. The first-order valence-corrected chi connectivity index (χ1v) is 8.27. The third-order valence-electron chi connectivity index (χ3n) is 2.66. The molecule has 0 atom stereocenters. The maximum atomic E-state index is 12.2. The van der Waals surface area contributed by atoms with E-state index in [0.29, 0.717) is 25.4 Å². The zero-order chi connectivity index (χ0) is 14.8. The van der Waals surface area contributed by atoms with Crippen molar-refractivity contribution in [2.45, 2.75) is 31.2 Å². The molecule has 6 nitrogen and oxygen atoms in total. The molecule has 0 bridgehead atoms. The Kier molecular flexibility index (Phi) is 7.50. The highest BCUT2D eigenvalue weighted by Crippen LogP contribution is 2.17. The SMILES string of the molecule is CCCNc1cccnc1S(=O)(=O)NCCCCOC. The Labute approximate surface area is 121 Å². The molecule has 1 aromatic rings. The predicted molar refractivity (Wildman–Crippen MR) is 79.3 cm³/mol. The smallest absolute Gasteiger partial charge is 0.260 e. The number of methoxy groups -OCH3 is 1. The lowest BCUT2D eigenvalue weighted by Gasteiger charge is -2.11. The summed E-state index contributed by atoms with van der Waals surface area (Å²) in [4.78, 5) is 3.98. The molecule has 0 aliphatic carbocycles. The molecule has 0 amide bonds. The van der Waals surface area contributed by atoms with E-state index in [4.69, 9.17) is 4.74 Å². The average Bonchev–Trinajstić information content (AvgIpc) is 2.45. The number of sulfonamides is 1. The molecule has 0 aliphatic rings. The van der Waals surface area contributed by atoms with Crippen molar-refractivity contribution in [3.8, 4) is 0 Å². The van der Waals surface area contributed by atoms with Crippen LogP contribution in [0, 0.1) is 0 Å². The number of pyridine rings is 1. The van der Waals surface area contributed by atoms with E-state index in [1.54, 1.807) is 19.2 Å². The summed E-state index contributed by atoms with van der Waals surface area (Å²) in [5.41, 5.74) is 0.541. The van der Waals surface area contributed by atoms with Gasteiger partial charge in [0.15, 0.2) is 5.03 Å². The van der Waals surface area contributed by atoms with Crippen LogP contribution in [-0.4, -0.2) is 40.2 Å². The van der Waals surface area contributed by atoms with Gasteiger partial charge in [0, 0.05) is 33.0 Å². The number of hydrogen-bond acceptors (Lipinski definition) is 5. The summed E-state index contributed by atoms with van der Waals surface area (Å²) in [6.07, 6.45) is 3.95. The summed E-state index contributed by atoms with van der Waals surface area (Å²) in [5, 5.41) is 3.13. The van der Waals surface area contributed by atoms with Gasteiger partial charge in [-0.15, -0.1) is 0 Å². The van der Waals surface area contributed by atoms with Crippen molar-refractivity contribution in [3.63, 3.8) is 0 Å². The highest BCUT2D eigenvalue weighted by Gasteiger charge is 2.19. The first kappa shape index (κ1) is 16.9. The van der Waals surface area contributed by atoms with Crippen LogP contribution in [0.25, 0.3) is 0 Å². The number of aromatic nitrogens is 1. The van der Waals surface area contributed by atoms with Crippen LogP contribution in [0.15, 0.2) is 23.4 Å². The number of nitrogens with one attached hydrogen (secondary N) is 2. The van der Waals surface area contributed by atoms with Crippen molar-refractivity contribution in [3.05, 3.63) is 18.3 Å². The molecule has 0 saturated heterocycles. The predicted octanol–water partition coefficient (Wildman–Crippen LogP) is 1.61. The highest BCUT2D eigenvalue weighted by molar-refractivity contribution is 7.89. The molecular formula is C13H23N3O3S. The minimum absolute atomic E-state index is 0.0557. The molecule has 1 rings (SSSR count). The summed E-state index contributed by atoms with van der Waals surface area (Å²) in [6.45, 7) is 3.75. The van der Waals surface area contributed by atoms with Crippen LogP contribution in [0.1, 0.15) is 26.2 Å². The van der Waals surface area contributed by atoms with Crippen molar-refractivity contribution in [2.24, 2.45) is 0 Å². The molecule has 0 spiro atoms. The lowest BCUT2D eigenvalue weighted by atomic mass is 10.3. The second-order valence-electron chi connectivity index (χ2n) is 4.38. The van der Waals surface area contributed by atoms with E-state index in [1.807, 2.05) is 6.92 Å². The lowest BCUT2D eigenvalue weighted by Crippen LogP contribution is -2.26. The normalized spacial score (nSPS) is 11.5. The molecular weight excluding hydrogens is 278 g/mol. The molecule has 1 heterocycles. The summed E-state index contributed by atoms with van der Waals surface area (Å²) in [6, 6.07) is 3.44. The van der Waals surface area contributed by atoms with E-state index in [9.17, 15) is 8.42 Å². The molecule has 0 unspecified atom stereocenters. The van der Waals surface area contributed by atoms with E-state index in [2.05, 4.69) is 15.0 Å². The van der Waals surface area contributed by atoms with Gasteiger partial charge in [-0.3, -0.25) is 0 Å². The Balaban J connectivity index is 2.66. The van der Waals surface area contributed by atoms with Gasteiger partial charge in [0.1, 0.15) is 0 Å².